The molecule has 0 fully saturated rings. The van der Waals surface area contributed by atoms with E-state index in [4.69, 9.17) is 4.52 Å². The average molecular weight is 290 g/mol. The molecule has 2 rings (SSSR count). The van der Waals surface area contributed by atoms with Crippen LogP contribution in [0.5, 0.6) is 0 Å². The van der Waals surface area contributed by atoms with Crippen molar-refractivity contribution in [1.82, 2.24) is 10.5 Å². The summed E-state index contributed by atoms with van der Waals surface area (Å²) >= 11 is 1.54. The molecule has 20 heavy (non-hydrogen) atoms. The van der Waals surface area contributed by atoms with Crippen LogP contribution in [0.15, 0.2) is 40.9 Å². The molecular formula is C15H18N2O2S. The van der Waals surface area contributed by atoms with Gasteiger partial charge in [-0.15, -0.1) is 11.8 Å². The normalized spacial score (nSPS) is 10.4. The molecule has 5 heteroatoms. The number of nitrogens with one attached hydrogen (secondary N) is 1. The summed E-state index contributed by atoms with van der Waals surface area (Å²) in [6.07, 6.45) is 0.958. The number of rotatable bonds is 7. The van der Waals surface area contributed by atoms with E-state index < -0.39 is 0 Å². The van der Waals surface area contributed by atoms with E-state index in [0.29, 0.717) is 11.5 Å². The van der Waals surface area contributed by atoms with Gasteiger partial charge in [-0.1, -0.05) is 42.4 Å². The molecule has 0 atom stereocenters. The van der Waals surface area contributed by atoms with Crippen LogP contribution < -0.4 is 5.32 Å². The van der Waals surface area contributed by atoms with Gasteiger partial charge in [0.15, 0.2) is 5.76 Å². The predicted molar refractivity (Wildman–Crippen MR) is 81.4 cm³/mol. The van der Waals surface area contributed by atoms with Crippen LogP contribution in [-0.4, -0.2) is 23.4 Å². The van der Waals surface area contributed by atoms with Crippen LogP contribution >= 0.6 is 11.8 Å². The van der Waals surface area contributed by atoms with Crippen LogP contribution in [0.25, 0.3) is 11.3 Å². The third-order valence-corrected chi connectivity index (χ3v) is 3.64. The summed E-state index contributed by atoms with van der Waals surface area (Å²) < 4.78 is 5.31. The van der Waals surface area contributed by atoms with Crippen LogP contribution in [0.4, 0.5) is 0 Å². The van der Waals surface area contributed by atoms with E-state index in [0.717, 1.165) is 30.0 Å². The Morgan fingerprint density at radius 1 is 1.35 bits per heavy atom. The Kier molecular flexibility index (Phi) is 5.68. The Labute approximate surface area is 122 Å². The van der Waals surface area contributed by atoms with Gasteiger partial charge in [0.1, 0.15) is 0 Å². The summed E-state index contributed by atoms with van der Waals surface area (Å²) in [5, 5.41) is 6.87. The lowest BCUT2D eigenvalue weighted by atomic mass is 10.2. The number of hydrogen-bond donors (Lipinski definition) is 1. The van der Waals surface area contributed by atoms with E-state index >= 15 is 0 Å². The molecule has 0 aliphatic rings. The van der Waals surface area contributed by atoms with Gasteiger partial charge in [-0.2, -0.15) is 0 Å². The van der Waals surface area contributed by atoms with Crippen molar-refractivity contribution < 1.29 is 9.32 Å². The zero-order chi connectivity index (χ0) is 14.2. The lowest BCUT2D eigenvalue weighted by Gasteiger charge is -2.01. The Bertz CT molecular complexity index is 540. The summed E-state index contributed by atoms with van der Waals surface area (Å²) in [7, 11) is 0. The van der Waals surface area contributed by atoms with Gasteiger partial charge >= 0.3 is 0 Å². The molecule has 106 valence electrons. The molecule has 0 saturated carbocycles. The maximum absolute atomic E-state index is 11.4. The van der Waals surface area contributed by atoms with Crippen LogP contribution in [0.2, 0.25) is 0 Å². The zero-order valence-electron chi connectivity index (χ0n) is 11.5. The standard InChI is InChI=1S/C15H18N2O2S/c1-2-8-16-15(18)11-20-10-13-9-14(19-17-13)12-6-4-3-5-7-12/h3-7,9H,2,8,10-11H2,1H3,(H,16,18). The second kappa shape index (κ2) is 7.75. The van der Waals surface area contributed by atoms with Crippen molar-refractivity contribution in [1.29, 1.82) is 0 Å². The van der Waals surface area contributed by atoms with E-state index in [1.165, 1.54) is 11.8 Å². The minimum absolute atomic E-state index is 0.0728. The summed E-state index contributed by atoms with van der Waals surface area (Å²) in [5.41, 5.74) is 1.87. The Balaban J connectivity index is 1.80. The quantitative estimate of drug-likeness (QED) is 0.851. The van der Waals surface area contributed by atoms with E-state index in [1.54, 1.807) is 0 Å². The molecule has 0 bridgehead atoms. The van der Waals surface area contributed by atoms with Gasteiger partial charge in [0.05, 0.1) is 11.4 Å². The average Bonchev–Trinajstić information content (AvgIpc) is 2.95. The van der Waals surface area contributed by atoms with Crippen LogP contribution in [0, 0.1) is 0 Å². The van der Waals surface area contributed by atoms with Gasteiger partial charge in [-0.05, 0) is 6.42 Å². The number of carbonyl (C=O) groups is 1. The smallest absolute Gasteiger partial charge is 0.230 e. The zero-order valence-corrected chi connectivity index (χ0v) is 12.3. The monoisotopic (exact) mass is 290 g/mol. The topological polar surface area (TPSA) is 55.1 Å². The summed E-state index contributed by atoms with van der Waals surface area (Å²) in [4.78, 5) is 11.4. The number of nitrogens with zero attached hydrogens (tertiary/aromatic N) is 1. The van der Waals surface area contributed by atoms with Crippen molar-refractivity contribution >= 4 is 17.7 Å². The maximum atomic E-state index is 11.4. The van der Waals surface area contributed by atoms with Crippen molar-refractivity contribution in [2.75, 3.05) is 12.3 Å². The number of benzene rings is 1. The number of amides is 1. The minimum atomic E-state index is 0.0728. The predicted octanol–water partition coefficient (Wildman–Crippen LogP) is 3.10. The first kappa shape index (κ1) is 14.7. The highest BCUT2D eigenvalue weighted by Gasteiger charge is 2.07. The van der Waals surface area contributed by atoms with Crippen LogP contribution in [0.1, 0.15) is 19.0 Å². The molecular weight excluding hydrogens is 272 g/mol. The molecule has 2 aromatic rings. The van der Waals surface area contributed by atoms with Crippen molar-refractivity contribution in [2.24, 2.45) is 0 Å². The van der Waals surface area contributed by atoms with Crippen molar-refractivity contribution in [3.8, 4) is 11.3 Å². The summed E-state index contributed by atoms with van der Waals surface area (Å²) in [5.74, 6) is 1.96. The molecule has 1 aromatic carbocycles. The Hall–Kier alpha value is -1.75. The molecule has 0 radical (unpaired) electrons. The third-order valence-electron chi connectivity index (χ3n) is 2.67. The van der Waals surface area contributed by atoms with E-state index in [9.17, 15) is 4.79 Å². The van der Waals surface area contributed by atoms with Gasteiger partial charge in [0.2, 0.25) is 5.91 Å². The first-order chi connectivity index (χ1) is 9.79. The molecule has 0 unspecified atom stereocenters. The molecule has 0 spiro atoms. The van der Waals surface area contributed by atoms with Crippen molar-refractivity contribution in [3.63, 3.8) is 0 Å². The summed E-state index contributed by atoms with van der Waals surface area (Å²) in [6, 6.07) is 11.8. The number of aromatic nitrogens is 1. The van der Waals surface area contributed by atoms with Crippen LogP contribution in [0.3, 0.4) is 0 Å². The molecule has 1 aromatic heterocycles. The highest BCUT2D eigenvalue weighted by molar-refractivity contribution is 7.99. The third kappa shape index (κ3) is 4.42. The Morgan fingerprint density at radius 2 is 2.15 bits per heavy atom. The lowest BCUT2D eigenvalue weighted by molar-refractivity contribution is -0.118. The fourth-order valence-electron chi connectivity index (χ4n) is 1.68. The van der Waals surface area contributed by atoms with Crippen molar-refractivity contribution in [2.45, 2.75) is 19.1 Å². The number of thioether (sulfide) groups is 1. The van der Waals surface area contributed by atoms with E-state index in [-0.39, 0.29) is 5.91 Å². The molecule has 0 aliphatic heterocycles. The second-order valence-corrected chi connectivity index (χ2v) is 5.38. The van der Waals surface area contributed by atoms with E-state index in [1.807, 2.05) is 43.3 Å². The molecule has 4 nitrogen and oxygen atoms in total. The van der Waals surface area contributed by atoms with Crippen LogP contribution in [-0.2, 0) is 10.5 Å². The SMILES string of the molecule is CCCNC(=O)CSCc1cc(-c2ccccc2)on1. The maximum Gasteiger partial charge on any atom is 0.230 e. The van der Waals surface area contributed by atoms with Gasteiger partial charge in [0.25, 0.3) is 0 Å². The first-order valence-corrected chi connectivity index (χ1v) is 7.80. The molecule has 0 saturated heterocycles. The molecule has 0 aliphatic carbocycles. The molecule has 1 heterocycles. The number of hydrogen-bond acceptors (Lipinski definition) is 4. The van der Waals surface area contributed by atoms with Gasteiger partial charge in [-0.25, -0.2) is 0 Å². The lowest BCUT2D eigenvalue weighted by Crippen LogP contribution is -2.25. The molecule has 1 amide bonds. The largest absolute Gasteiger partial charge is 0.356 e. The first-order valence-electron chi connectivity index (χ1n) is 6.65. The summed E-state index contributed by atoms with van der Waals surface area (Å²) in [6.45, 7) is 2.77. The fraction of sp³-hybridized carbons (Fsp3) is 0.333. The van der Waals surface area contributed by atoms with E-state index in [2.05, 4.69) is 10.5 Å². The molecule has 1 N–H and O–H groups in total. The second-order valence-electron chi connectivity index (χ2n) is 4.39. The van der Waals surface area contributed by atoms with Gasteiger partial charge in [-0.3, -0.25) is 4.79 Å². The van der Waals surface area contributed by atoms with Crippen molar-refractivity contribution in [3.05, 3.63) is 42.1 Å². The highest BCUT2D eigenvalue weighted by Crippen LogP contribution is 2.21. The Morgan fingerprint density at radius 3 is 2.90 bits per heavy atom. The fourth-order valence-corrected chi connectivity index (χ4v) is 2.42. The van der Waals surface area contributed by atoms with Gasteiger partial charge < -0.3 is 9.84 Å². The number of carbonyl (C=O) groups excluding carboxylic acids is 1. The minimum Gasteiger partial charge on any atom is -0.356 e. The highest BCUT2D eigenvalue weighted by atomic mass is 32.2. The van der Waals surface area contributed by atoms with Gasteiger partial charge in [0, 0.05) is 23.9 Å².